The monoisotopic (exact) mass is 409 g/mol. The van der Waals surface area contributed by atoms with Gasteiger partial charge in [0.1, 0.15) is 18.5 Å². The summed E-state index contributed by atoms with van der Waals surface area (Å²) < 4.78 is 12.1. The van der Waals surface area contributed by atoms with E-state index in [-0.39, 0.29) is 0 Å². The lowest BCUT2D eigenvalue weighted by atomic mass is 10.1. The first-order valence-electron chi connectivity index (χ1n) is 9.40. The number of imidazole rings is 1. The number of aliphatic hydroxyl groups excluding tert-OH is 2. The zero-order chi connectivity index (χ0) is 20.7. The fourth-order valence-corrected chi connectivity index (χ4v) is 3.48. The van der Waals surface area contributed by atoms with Gasteiger partial charge in [-0.05, 0) is 12.5 Å². The molecule has 11 heteroatoms. The smallest absolute Gasteiger partial charge is 0.214 e. The molecule has 0 amide bonds. The molecule has 3 N–H and O–H groups in total. The standard InChI is InChI=1S/C19H19N7O4/c1-10-14(27)15(28)19(30-10)26-8-23-13-17(21-7-22-18(13)26)20-6-11-2-4-12(5-3-11)16-24-9-29-25-16/h2-5,7-10,14-15,19,27-28H,6H2,1H3,(H,20,21,22)/t10-,14-,15-,19-/m1/s1. The van der Waals surface area contributed by atoms with Gasteiger partial charge < -0.3 is 24.8 Å². The maximum absolute atomic E-state index is 10.3. The van der Waals surface area contributed by atoms with Crippen LogP contribution in [0.3, 0.4) is 0 Å². The summed E-state index contributed by atoms with van der Waals surface area (Å²) in [6.45, 7) is 2.22. The van der Waals surface area contributed by atoms with E-state index in [0.717, 1.165) is 11.1 Å². The predicted octanol–water partition coefficient (Wildman–Crippen LogP) is 1.13. The molecule has 1 fully saturated rings. The Kier molecular flexibility index (Phi) is 4.62. The van der Waals surface area contributed by atoms with Crippen LogP contribution in [0.25, 0.3) is 22.6 Å². The van der Waals surface area contributed by atoms with E-state index < -0.39 is 24.5 Å². The molecule has 4 atom stereocenters. The maximum atomic E-state index is 10.3. The normalized spacial score (nSPS) is 23.8. The average Bonchev–Trinajstić information content (AvgIpc) is 3.50. The van der Waals surface area contributed by atoms with Crippen LogP contribution in [-0.2, 0) is 11.3 Å². The number of rotatable bonds is 5. The molecule has 0 unspecified atom stereocenters. The Morgan fingerprint density at radius 2 is 1.90 bits per heavy atom. The molecule has 0 bridgehead atoms. The van der Waals surface area contributed by atoms with E-state index in [9.17, 15) is 10.2 Å². The minimum Gasteiger partial charge on any atom is -0.388 e. The second-order valence-corrected chi connectivity index (χ2v) is 7.06. The largest absolute Gasteiger partial charge is 0.388 e. The Balaban J connectivity index is 1.35. The van der Waals surface area contributed by atoms with Gasteiger partial charge in [0.15, 0.2) is 23.2 Å². The summed E-state index contributed by atoms with van der Waals surface area (Å²) in [5.74, 6) is 1.09. The zero-order valence-corrected chi connectivity index (χ0v) is 16.0. The Bertz CT molecular complexity index is 1150. The number of benzene rings is 1. The molecule has 154 valence electrons. The van der Waals surface area contributed by atoms with Crippen LogP contribution >= 0.6 is 0 Å². The zero-order valence-electron chi connectivity index (χ0n) is 16.0. The van der Waals surface area contributed by atoms with Crippen LogP contribution in [0.1, 0.15) is 18.7 Å². The van der Waals surface area contributed by atoms with Crippen LogP contribution in [-0.4, -0.2) is 58.2 Å². The first kappa shape index (κ1) is 18.6. The van der Waals surface area contributed by atoms with Crippen molar-refractivity contribution in [2.45, 2.75) is 38.0 Å². The highest BCUT2D eigenvalue weighted by atomic mass is 16.6. The highest BCUT2D eigenvalue weighted by molar-refractivity contribution is 5.82. The molecular formula is C19H19N7O4. The maximum Gasteiger partial charge on any atom is 0.214 e. The molecule has 3 aromatic heterocycles. The third kappa shape index (κ3) is 3.18. The van der Waals surface area contributed by atoms with Gasteiger partial charge in [0, 0.05) is 12.1 Å². The molecule has 1 aromatic carbocycles. The summed E-state index contributed by atoms with van der Waals surface area (Å²) in [5, 5.41) is 27.3. The number of anilines is 1. The van der Waals surface area contributed by atoms with Crippen molar-refractivity contribution in [1.29, 1.82) is 0 Å². The van der Waals surface area contributed by atoms with Crippen molar-refractivity contribution in [3.8, 4) is 11.4 Å². The van der Waals surface area contributed by atoms with E-state index in [1.54, 1.807) is 11.5 Å². The van der Waals surface area contributed by atoms with Crippen LogP contribution in [0, 0.1) is 0 Å². The summed E-state index contributed by atoms with van der Waals surface area (Å²) in [4.78, 5) is 17.0. The van der Waals surface area contributed by atoms with Crippen molar-refractivity contribution >= 4 is 17.0 Å². The molecule has 1 aliphatic heterocycles. The van der Waals surface area contributed by atoms with Crippen molar-refractivity contribution in [3.63, 3.8) is 0 Å². The molecule has 30 heavy (non-hydrogen) atoms. The highest BCUT2D eigenvalue weighted by Gasteiger charge is 2.42. The summed E-state index contributed by atoms with van der Waals surface area (Å²) in [7, 11) is 0. The van der Waals surface area contributed by atoms with Crippen LogP contribution in [0.15, 0.2) is 47.8 Å². The lowest BCUT2D eigenvalue weighted by Crippen LogP contribution is -2.30. The number of nitrogens with zero attached hydrogens (tertiary/aromatic N) is 6. The van der Waals surface area contributed by atoms with E-state index in [0.29, 0.717) is 29.4 Å². The van der Waals surface area contributed by atoms with E-state index >= 15 is 0 Å². The number of ether oxygens (including phenoxy) is 1. The van der Waals surface area contributed by atoms with Crippen molar-refractivity contribution in [2.75, 3.05) is 5.32 Å². The Morgan fingerprint density at radius 3 is 2.60 bits per heavy atom. The first-order valence-corrected chi connectivity index (χ1v) is 9.40. The Labute approximate surface area is 170 Å². The number of hydrogen-bond donors (Lipinski definition) is 3. The number of nitrogens with one attached hydrogen (secondary N) is 1. The predicted molar refractivity (Wildman–Crippen MR) is 104 cm³/mol. The summed E-state index contributed by atoms with van der Waals surface area (Å²) in [5.41, 5.74) is 2.94. The molecule has 0 aliphatic carbocycles. The minimum absolute atomic E-state index is 0.489. The molecule has 4 heterocycles. The summed E-state index contributed by atoms with van der Waals surface area (Å²) in [6.07, 6.45) is 0.953. The number of aliphatic hydroxyl groups is 2. The topological polar surface area (TPSA) is 144 Å². The van der Waals surface area contributed by atoms with Crippen molar-refractivity contribution in [3.05, 3.63) is 48.9 Å². The molecule has 1 saturated heterocycles. The van der Waals surface area contributed by atoms with Gasteiger partial charge in [-0.1, -0.05) is 29.4 Å². The van der Waals surface area contributed by atoms with Crippen LogP contribution < -0.4 is 5.32 Å². The van der Waals surface area contributed by atoms with Crippen LogP contribution in [0.5, 0.6) is 0 Å². The first-order chi connectivity index (χ1) is 14.6. The van der Waals surface area contributed by atoms with Gasteiger partial charge >= 0.3 is 0 Å². The Morgan fingerprint density at radius 1 is 1.07 bits per heavy atom. The van der Waals surface area contributed by atoms with Gasteiger partial charge in [0.05, 0.1) is 12.4 Å². The molecule has 0 radical (unpaired) electrons. The number of hydrogen-bond acceptors (Lipinski definition) is 10. The molecule has 0 saturated carbocycles. The van der Waals surface area contributed by atoms with Gasteiger partial charge in [-0.25, -0.2) is 15.0 Å². The second-order valence-electron chi connectivity index (χ2n) is 7.06. The molecule has 4 aromatic rings. The third-order valence-electron chi connectivity index (χ3n) is 5.14. The summed E-state index contributed by atoms with van der Waals surface area (Å²) >= 11 is 0. The SMILES string of the molecule is C[C@H]1O[C@@H](n2cnc3c(NCc4ccc(-c5ncon5)cc4)ncnc32)[C@H](O)[C@@H]1O. The van der Waals surface area contributed by atoms with Crippen molar-refractivity contribution < 1.29 is 19.5 Å². The van der Waals surface area contributed by atoms with Crippen LogP contribution in [0.2, 0.25) is 0 Å². The van der Waals surface area contributed by atoms with Gasteiger partial charge in [0.25, 0.3) is 0 Å². The average molecular weight is 409 g/mol. The lowest BCUT2D eigenvalue weighted by molar-refractivity contribution is -0.0299. The molecular weight excluding hydrogens is 390 g/mol. The minimum atomic E-state index is -1.07. The van der Waals surface area contributed by atoms with Gasteiger partial charge in [-0.3, -0.25) is 4.57 Å². The van der Waals surface area contributed by atoms with Crippen molar-refractivity contribution in [2.24, 2.45) is 0 Å². The molecule has 11 nitrogen and oxygen atoms in total. The van der Waals surface area contributed by atoms with Gasteiger partial charge in [0.2, 0.25) is 12.2 Å². The fourth-order valence-electron chi connectivity index (χ4n) is 3.48. The van der Waals surface area contributed by atoms with E-state index in [4.69, 9.17) is 9.26 Å². The highest BCUT2D eigenvalue weighted by Crippen LogP contribution is 2.32. The van der Waals surface area contributed by atoms with Crippen LogP contribution in [0.4, 0.5) is 5.82 Å². The number of aromatic nitrogens is 6. The second kappa shape index (κ2) is 7.44. The van der Waals surface area contributed by atoms with E-state index in [2.05, 4.69) is 30.4 Å². The quantitative estimate of drug-likeness (QED) is 0.438. The van der Waals surface area contributed by atoms with Crippen molar-refractivity contribution in [1.82, 2.24) is 29.7 Å². The lowest BCUT2D eigenvalue weighted by Gasteiger charge is -2.16. The molecule has 1 aliphatic rings. The molecule has 0 spiro atoms. The van der Waals surface area contributed by atoms with E-state index in [1.807, 2.05) is 24.3 Å². The third-order valence-corrected chi connectivity index (χ3v) is 5.14. The van der Waals surface area contributed by atoms with E-state index in [1.165, 1.54) is 19.0 Å². The molecule has 5 rings (SSSR count). The number of fused-ring (bicyclic) bond motifs is 1. The Hall–Kier alpha value is -3.41. The van der Waals surface area contributed by atoms with Gasteiger partial charge in [-0.2, -0.15) is 4.98 Å². The fraction of sp³-hybridized carbons (Fsp3) is 0.316. The van der Waals surface area contributed by atoms with Gasteiger partial charge in [-0.15, -0.1) is 0 Å². The summed E-state index contributed by atoms with van der Waals surface area (Å²) in [6, 6.07) is 7.75.